The summed E-state index contributed by atoms with van der Waals surface area (Å²) >= 11 is 0. The Morgan fingerprint density at radius 3 is 2.96 bits per heavy atom. The molecule has 0 aromatic heterocycles. The molecule has 0 unspecified atom stereocenters. The first kappa shape index (κ1) is 15.5. The van der Waals surface area contributed by atoms with Crippen LogP contribution in [0.25, 0.3) is 10.4 Å². The van der Waals surface area contributed by atoms with Gasteiger partial charge in [0, 0.05) is 10.3 Å². The lowest BCUT2D eigenvalue weighted by Gasteiger charge is -2.48. The number of carbonyl (C=O) groups is 1. The van der Waals surface area contributed by atoms with E-state index < -0.39 is 6.04 Å². The standard InChI is InChI=1S/C19H23N3O2/c1-19-8-7-14-13-6-4-12(24-2)9-11(13)3-5-15(14)16(19)10-17(18(19)23)21-22-20/h4,6,9,14-17H,3,5,7-8,10H2,1-2H3/t14-,15-,16+,17-,19+/m1/s1. The van der Waals surface area contributed by atoms with Crippen molar-refractivity contribution in [1.29, 1.82) is 0 Å². The normalized spacial score (nSPS) is 37.0. The SMILES string of the molecule is COc1ccc2c(c1)CC[C@@H]1[C@@H]2CC[C@]2(C)C(=O)[C@H](N=[N+]=[N-])C[C@@H]12. The molecule has 4 rings (SSSR count). The Morgan fingerprint density at radius 2 is 2.21 bits per heavy atom. The van der Waals surface area contributed by atoms with E-state index in [2.05, 4.69) is 35.1 Å². The Labute approximate surface area is 142 Å². The Kier molecular flexibility index (Phi) is 3.57. The fourth-order valence-corrected chi connectivity index (χ4v) is 5.64. The van der Waals surface area contributed by atoms with Gasteiger partial charge in [-0.3, -0.25) is 4.79 Å². The van der Waals surface area contributed by atoms with Crippen LogP contribution in [0.4, 0.5) is 0 Å². The number of aryl methyl sites for hydroxylation is 1. The van der Waals surface area contributed by atoms with Gasteiger partial charge < -0.3 is 4.74 Å². The van der Waals surface area contributed by atoms with Crippen LogP contribution < -0.4 is 4.74 Å². The Morgan fingerprint density at radius 1 is 1.38 bits per heavy atom. The maximum absolute atomic E-state index is 12.8. The van der Waals surface area contributed by atoms with Crippen molar-refractivity contribution in [2.45, 2.75) is 51.0 Å². The molecule has 2 fully saturated rings. The zero-order valence-electron chi connectivity index (χ0n) is 14.2. The summed E-state index contributed by atoms with van der Waals surface area (Å²) in [5.41, 5.74) is 11.3. The zero-order chi connectivity index (χ0) is 16.9. The number of rotatable bonds is 2. The third kappa shape index (κ3) is 2.07. The van der Waals surface area contributed by atoms with Gasteiger partial charge in [0.15, 0.2) is 0 Å². The van der Waals surface area contributed by atoms with Gasteiger partial charge >= 0.3 is 0 Å². The minimum absolute atomic E-state index is 0.171. The average molecular weight is 325 g/mol. The lowest BCUT2D eigenvalue weighted by Crippen LogP contribution is -2.42. The summed E-state index contributed by atoms with van der Waals surface area (Å²) in [7, 11) is 1.71. The van der Waals surface area contributed by atoms with Gasteiger partial charge in [-0.25, -0.2) is 0 Å². The lowest BCUT2D eigenvalue weighted by molar-refractivity contribution is -0.130. The first-order chi connectivity index (χ1) is 11.6. The van der Waals surface area contributed by atoms with Crippen LogP contribution >= 0.6 is 0 Å². The highest BCUT2D eigenvalue weighted by Gasteiger charge is 2.57. The van der Waals surface area contributed by atoms with Crippen molar-refractivity contribution in [2.24, 2.45) is 22.4 Å². The summed E-state index contributed by atoms with van der Waals surface area (Å²) in [5.74, 6) is 2.48. The predicted octanol–water partition coefficient (Wildman–Crippen LogP) is 4.41. The van der Waals surface area contributed by atoms with Crippen molar-refractivity contribution < 1.29 is 9.53 Å². The molecule has 0 aliphatic heterocycles. The molecule has 0 radical (unpaired) electrons. The highest BCUT2D eigenvalue weighted by Crippen LogP contribution is 2.60. The number of fused-ring (bicyclic) bond motifs is 5. The number of benzene rings is 1. The molecule has 1 aromatic carbocycles. The molecule has 3 aliphatic rings. The maximum Gasteiger partial charge on any atom is 0.147 e. The van der Waals surface area contributed by atoms with E-state index >= 15 is 0 Å². The van der Waals surface area contributed by atoms with Crippen LogP contribution in [-0.2, 0) is 11.2 Å². The van der Waals surface area contributed by atoms with Crippen molar-refractivity contribution in [3.63, 3.8) is 0 Å². The molecule has 0 heterocycles. The summed E-state index contributed by atoms with van der Waals surface area (Å²) in [4.78, 5) is 15.7. The second-order valence-electron chi connectivity index (χ2n) is 7.76. The van der Waals surface area contributed by atoms with Gasteiger partial charge in [0.1, 0.15) is 11.5 Å². The molecule has 1 aromatic rings. The number of hydrogen-bond acceptors (Lipinski definition) is 3. The van der Waals surface area contributed by atoms with Gasteiger partial charge in [0.05, 0.1) is 13.2 Å². The lowest BCUT2D eigenvalue weighted by atomic mass is 9.55. The van der Waals surface area contributed by atoms with Crippen molar-refractivity contribution in [3.8, 4) is 5.75 Å². The van der Waals surface area contributed by atoms with Gasteiger partial charge in [-0.05, 0) is 78.6 Å². The van der Waals surface area contributed by atoms with Crippen molar-refractivity contribution in [3.05, 3.63) is 39.8 Å². The van der Waals surface area contributed by atoms with Gasteiger partial charge in [0.2, 0.25) is 0 Å². The monoisotopic (exact) mass is 325 g/mol. The smallest absolute Gasteiger partial charge is 0.147 e. The summed E-state index contributed by atoms with van der Waals surface area (Å²) in [6.07, 6.45) is 4.83. The second-order valence-corrected chi connectivity index (χ2v) is 7.76. The van der Waals surface area contributed by atoms with E-state index in [1.807, 2.05) is 0 Å². The predicted molar refractivity (Wildman–Crippen MR) is 90.9 cm³/mol. The van der Waals surface area contributed by atoms with Crippen molar-refractivity contribution in [1.82, 2.24) is 0 Å². The quantitative estimate of drug-likeness (QED) is 0.459. The molecule has 24 heavy (non-hydrogen) atoms. The van der Waals surface area contributed by atoms with E-state index in [1.54, 1.807) is 7.11 Å². The molecule has 5 nitrogen and oxygen atoms in total. The van der Waals surface area contributed by atoms with E-state index in [4.69, 9.17) is 10.3 Å². The van der Waals surface area contributed by atoms with Gasteiger partial charge in [-0.15, -0.1) is 0 Å². The van der Waals surface area contributed by atoms with Crippen LogP contribution in [0.15, 0.2) is 23.3 Å². The molecule has 2 saturated carbocycles. The van der Waals surface area contributed by atoms with E-state index in [-0.39, 0.29) is 11.2 Å². The molecule has 3 aliphatic carbocycles. The van der Waals surface area contributed by atoms with Crippen LogP contribution in [0.1, 0.15) is 49.7 Å². The van der Waals surface area contributed by atoms with Gasteiger partial charge in [-0.2, -0.15) is 0 Å². The highest BCUT2D eigenvalue weighted by molar-refractivity contribution is 5.92. The van der Waals surface area contributed by atoms with E-state index in [9.17, 15) is 4.79 Å². The summed E-state index contributed by atoms with van der Waals surface area (Å²) in [6, 6.07) is 5.98. The molecule has 0 amide bonds. The topological polar surface area (TPSA) is 75.1 Å². The highest BCUT2D eigenvalue weighted by atomic mass is 16.5. The number of Topliss-reactive ketones (excluding diaryl/α,β-unsaturated/α-hetero) is 1. The number of ketones is 1. The fraction of sp³-hybridized carbons (Fsp3) is 0.632. The van der Waals surface area contributed by atoms with Crippen LogP contribution in [0.5, 0.6) is 5.75 Å². The molecule has 0 bridgehead atoms. The summed E-state index contributed by atoms with van der Waals surface area (Å²) in [5, 5.41) is 3.79. The number of methoxy groups -OCH3 is 1. The maximum atomic E-state index is 12.8. The molecule has 126 valence electrons. The van der Waals surface area contributed by atoms with E-state index in [0.717, 1.165) is 37.9 Å². The van der Waals surface area contributed by atoms with Gasteiger partial charge in [0.25, 0.3) is 0 Å². The average Bonchev–Trinajstić information content (AvgIpc) is 2.86. The first-order valence-electron chi connectivity index (χ1n) is 8.84. The molecule has 0 N–H and O–H groups in total. The minimum atomic E-state index is -0.457. The third-order valence-electron chi connectivity index (χ3n) is 6.86. The number of hydrogen-bond donors (Lipinski definition) is 0. The van der Waals surface area contributed by atoms with Crippen molar-refractivity contribution in [2.75, 3.05) is 7.11 Å². The molecular weight excluding hydrogens is 302 g/mol. The fourth-order valence-electron chi connectivity index (χ4n) is 5.64. The van der Waals surface area contributed by atoms with Crippen molar-refractivity contribution >= 4 is 5.78 Å². The molecule has 0 saturated heterocycles. The minimum Gasteiger partial charge on any atom is -0.497 e. The number of azide groups is 1. The van der Waals surface area contributed by atoms with Crippen LogP contribution in [0.2, 0.25) is 0 Å². The Balaban J connectivity index is 1.69. The zero-order valence-corrected chi connectivity index (χ0v) is 14.2. The third-order valence-corrected chi connectivity index (χ3v) is 6.86. The van der Waals surface area contributed by atoms with E-state index in [1.165, 1.54) is 11.1 Å². The molecule has 0 spiro atoms. The second kappa shape index (κ2) is 5.52. The van der Waals surface area contributed by atoms with Crippen LogP contribution in [-0.4, -0.2) is 18.9 Å². The Hall–Kier alpha value is -2.00. The molecule has 5 heteroatoms. The largest absolute Gasteiger partial charge is 0.497 e. The first-order valence-corrected chi connectivity index (χ1v) is 8.84. The van der Waals surface area contributed by atoms with Gasteiger partial charge in [-0.1, -0.05) is 18.1 Å². The van der Waals surface area contributed by atoms with E-state index in [0.29, 0.717) is 17.8 Å². The summed E-state index contributed by atoms with van der Waals surface area (Å²) in [6.45, 7) is 2.10. The molecular formula is C19H23N3O2. The van der Waals surface area contributed by atoms with Crippen LogP contribution in [0, 0.1) is 17.3 Å². The summed E-state index contributed by atoms with van der Waals surface area (Å²) < 4.78 is 5.37. The number of ether oxygens (including phenoxy) is 1. The van der Waals surface area contributed by atoms with Crippen LogP contribution in [0.3, 0.4) is 0 Å². The molecule has 5 atom stereocenters. The number of nitrogens with zero attached hydrogens (tertiary/aromatic N) is 3. The number of carbonyl (C=O) groups excluding carboxylic acids is 1. The Bertz CT molecular complexity index is 740.